The zero-order chi connectivity index (χ0) is 15.2. The van der Waals surface area contributed by atoms with Gasteiger partial charge in [0.2, 0.25) is 0 Å². The van der Waals surface area contributed by atoms with Gasteiger partial charge < -0.3 is 15.5 Å². The average molecular weight is 319 g/mol. The third kappa shape index (κ3) is 4.68. The van der Waals surface area contributed by atoms with Crippen LogP contribution in [-0.4, -0.2) is 30.3 Å². The zero-order valence-corrected chi connectivity index (χ0v) is 14.1. The van der Waals surface area contributed by atoms with Gasteiger partial charge in [0, 0.05) is 18.0 Å². The molecule has 4 heteroatoms. The minimum absolute atomic E-state index is 0.530. The summed E-state index contributed by atoms with van der Waals surface area (Å²) in [6.45, 7) is 3.53. The molecule has 3 rings (SSSR count). The lowest BCUT2D eigenvalue weighted by atomic mass is 9.96. The van der Waals surface area contributed by atoms with Gasteiger partial charge in [-0.3, -0.25) is 0 Å². The molecular weight excluding hydrogens is 290 g/mol. The fraction of sp³-hybridized carbons (Fsp3) is 0.611. The summed E-state index contributed by atoms with van der Waals surface area (Å²) >= 11 is 5.51. The highest BCUT2D eigenvalue weighted by atomic mass is 32.1. The van der Waals surface area contributed by atoms with Crippen molar-refractivity contribution in [2.75, 3.05) is 13.1 Å². The molecule has 2 aliphatic rings. The predicted octanol–water partition coefficient (Wildman–Crippen LogP) is 1.64. The molecule has 3 nitrogen and oxygen atoms in total. The van der Waals surface area contributed by atoms with Crippen molar-refractivity contribution < 1.29 is 4.90 Å². The first-order valence-corrected chi connectivity index (χ1v) is 9.15. The summed E-state index contributed by atoms with van der Waals surface area (Å²) in [6.07, 6.45) is 7.85. The molecule has 0 spiro atoms. The number of thiocarbonyl (C=S) groups is 1. The number of likely N-dealkylation sites (tertiary alicyclic amines) is 1. The Labute approximate surface area is 139 Å². The van der Waals surface area contributed by atoms with E-state index >= 15 is 0 Å². The lowest BCUT2D eigenvalue weighted by molar-refractivity contribution is -0.901. The summed E-state index contributed by atoms with van der Waals surface area (Å²) in [7, 11) is 0. The van der Waals surface area contributed by atoms with Crippen LogP contribution in [0.5, 0.6) is 0 Å². The monoisotopic (exact) mass is 318 g/mol. The van der Waals surface area contributed by atoms with Crippen molar-refractivity contribution in [1.29, 1.82) is 0 Å². The fourth-order valence-electron chi connectivity index (χ4n) is 3.76. The van der Waals surface area contributed by atoms with Crippen LogP contribution in [0.25, 0.3) is 0 Å². The van der Waals surface area contributed by atoms with Crippen LogP contribution in [-0.2, 0) is 6.54 Å². The van der Waals surface area contributed by atoms with E-state index in [9.17, 15) is 0 Å². The maximum atomic E-state index is 5.51. The number of rotatable bonds is 4. The van der Waals surface area contributed by atoms with E-state index in [-0.39, 0.29) is 0 Å². The molecule has 1 heterocycles. The third-order valence-corrected chi connectivity index (χ3v) is 5.19. The van der Waals surface area contributed by atoms with Crippen molar-refractivity contribution in [3.8, 4) is 0 Å². The van der Waals surface area contributed by atoms with Crippen LogP contribution in [0.4, 0.5) is 0 Å². The van der Waals surface area contributed by atoms with Crippen molar-refractivity contribution in [2.24, 2.45) is 0 Å². The number of hydrogen-bond donors (Lipinski definition) is 3. The maximum Gasteiger partial charge on any atom is 0.166 e. The Hall–Kier alpha value is -1.13. The van der Waals surface area contributed by atoms with Gasteiger partial charge in [0.05, 0.1) is 19.1 Å². The molecule has 1 unspecified atom stereocenters. The van der Waals surface area contributed by atoms with Crippen LogP contribution >= 0.6 is 12.2 Å². The molecule has 1 aliphatic heterocycles. The zero-order valence-electron chi connectivity index (χ0n) is 13.3. The average Bonchev–Trinajstić information content (AvgIpc) is 2.96. The van der Waals surface area contributed by atoms with Crippen molar-refractivity contribution in [3.63, 3.8) is 0 Å². The van der Waals surface area contributed by atoms with E-state index in [1.807, 2.05) is 0 Å². The van der Waals surface area contributed by atoms with Gasteiger partial charge in [-0.1, -0.05) is 49.6 Å². The number of hydrogen-bond acceptors (Lipinski definition) is 1. The van der Waals surface area contributed by atoms with Crippen LogP contribution in [0.3, 0.4) is 0 Å². The Morgan fingerprint density at radius 2 is 1.73 bits per heavy atom. The van der Waals surface area contributed by atoms with Crippen molar-refractivity contribution >= 4 is 17.3 Å². The van der Waals surface area contributed by atoms with E-state index in [4.69, 9.17) is 12.2 Å². The first-order chi connectivity index (χ1) is 10.8. The van der Waals surface area contributed by atoms with Gasteiger partial charge in [-0.05, 0) is 25.1 Å². The molecule has 1 aromatic rings. The summed E-state index contributed by atoms with van der Waals surface area (Å²) < 4.78 is 0. The number of quaternary nitrogens is 1. The molecule has 0 aromatic heterocycles. The number of nitrogens with one attached hydrogen (secondary N) is 3. The summed E-state index contributed by atoms with van der Waals surface area (Å²) in [4.78, 5) is 1.66. The molecule has 120 valence electrons. The van der Waals surface area contributed by atoms with Gasteiger partial charge in [-0.2, -0.15) is 0 Å². The van der Waals surface area contributed by atoms with Gasteiger partial charge in [0.15, 0.2) is 5.11 Å². The molecule has 2 fully saturated rings. The van der Waals surface area contributed by atoms with E-state index in [0.29, 0.717) is 12.1 Å². The second-order valence-electron chi connectivity index (χ2n) is 6.80. The largest absolute Gasteiger partial charge is 0.360 e. The minimum Gasteiger partial charge on any atom is -0.360 e. The Morgan fingerprint density at radius 3 is 2.50 bits per heavy atom. The number of benzene rings is 1. The Kier molecular flexibility index (Phi) is 5.68. The van der Waals surface area contributed by atoms with Crippen LogP contribution in [0, 0.1) is 0 Å². The van der Waals surface area contributed by atoms with Crippen LogP contribution in [0.1, 0.15) is 44.1 Å². The predicted molar refractivity (Wildman–Crippen MR) is 95.0 cm³/mol. The quantitative estimate of drug-likeness (QED) is 0.737. The summed E-state index contributed by atoms with van der Waals surface area (Å²) in [5.74, 6) is 0. The Balaban J connectivity index is 1.39. The van der Waals surface area contributed by atoms with Gasteiger partial charge in [0.25, 0.3) is 0 Å². The molecule has 1 aromatic carbocycles. The van der Waals surface area contributed by atoms with Gasteiger partial charge in [0.1, 0.15) is 6.54 Å². The second-order valence-corrected chi connectivity index (χ2v) is 7.21. The van der Waals surface area contributed by atoms with Crippen molar-refractivity contribution in [3.05, 3.63) is 35.9 Å². The first-order valence-electron chi connectivity index (χ1n) is 8.74. The summed E-state index contributed by atoms with van der Waals surface area (Å²) in [5, 5.41) is 7.94. The second kappa shape index (κ2) is 7.93. The molecule has 2 atom stereocenters. The van der Waals surface area contributed by atoms with E-state index < -0.39 is 0 Å². The summed E-state index contributed by atoms with van der Waals surface area (Å²) in [6, 6.07) is 11.9. The molecule has 0 radical (unpaired) electrons. The molecule has 3 N–H and O–H groups in total. The van der Waals surface area contributed by atoms with Gasteiger partial charge in [-0.25, -0.2) is 0 Å². The molecular formula is C18H28N3S+. The molecule has 1 saturated heterocycles. The highest BCUT2D eigenvalue weighted by Gasteiger charge is 2.27. The normalized spacial score (nSPS) is 25.8. The Bertz CT molecular complexity index is 470. The minimum atomic E-state index is 0.530. The maximum absolute atomic E-state index is 5.51. The molecule has 22 heavy (non-hydrogen) atoms. The van der Waals surface area contributed by atoms with E-state index in [1.165, 1.54) is 57.2 Å². The van der Waals surface area contributed by atoms with E-state index in [2.05, 4.69) is 41.0 Å². The van der Waals surface area contributed by atoms with Crippen molar-refractivity contribution in [2.45, 2.75) is 57.2 Å². The van der Waals surface area contributed by atoms with Gasteiger partial charge >= 0.3 is 0 Å². The van der Waals surface area contributed by atoms with Crippen molar-refractivity contribution in [1.82, 2.24) is 10.6 Å². The van der Waals surface area contributed by atoms with Crippen LogP contribution in [0.2, 0.25) is 0 Å². The standard InChI is InChI=1S/C18H27N3S/c22-18(19-16-9-5-2-6-10-16)20-17-11-12-21(14-17)13-15-7-3-1-4-8-15/h1,3-4,7-8,16-17H,2,5-6,9-14H2,(H2,19,20,22)/p+1/t17-/m1/s1. The topological polar surface area (TPSA) is 28.5 Å². The highest BCUT2D eigenvalue weighted by molar-refractivity contribution is 7.80. The SMILES string of the molecule is S=C(NC1CCCCC1)N[C@@H]1CC[NH+](Cc2ccccc2)C1. The van der Waals surface area contributed by atoms with Crippen LogP contribution in [0.15, 0.2) is 30.3 Å². The van der Waals surface area contributed by atoms with Gasteiger partial charge in [-0.15, -0.1) is 0 Å². The van der Waals surface area contributed by atoms with Crippen LogP contribution < -0.4 is 15.5 Å². The third-order valence-electron chi connectivity index (χ3n) is 4.95. The van der Waals surface area contributed by atoms with E-state index in [0.717, 1.165) is 11.7 Å². The van der Waals surface area contributed by atoms with E-state index in [1.54, 1.807) is 4.90 Å². The molecule has 0 bridgehead atoms. The molecule has 0 amide bonds. The fourth-order valence-corrected chi connectivity index (χ4v) is 4.09. The molecule has 1 saturated carbocycles. The molecule has 1 aliphatic carbocycles. The first kappa shape index (κ1) is 15.8. The summed E-state index contributed by atoms with van der Waals surface area (Å²) in [5.41, 5.74) is 1.43. The highest BCUT2D eigenvalue weighted by Crippen LogP contribution is 2.17. The lowest BCUT2D eigenvalue weighted by Gasteiger charge is -2.25. The smallest absolute Gasteiger partial charge is 0.166 e. The lowest BCUT2D eigenvalue weighted by Crippen LogP contribution is -3.09. The Morgan fingerprint density at radius 1 is 1.00 bits per heavy atom.